The van der Waals surface area contributed by atoms with Gasteiger partial charge in [0, 0.05) is 31.5 Å². The molecule has 1 fully saturated rings. The molecule has 0 radical (unpaired) electrons. The van der Waals surface area contributed by atoms with E-state index in [1.54, 1.807) is 30.5 Å². The van der Waals surface area contributed by atoms with Gasteiger partial charge in [-0.1, -0.05) is 25.7 Å². The molecule has 8 heteroatoms. The third-order valence-electron chi connectivity index (χ3n) is 5.82. The average molecular weight is 457 g/mol. The summed E-state index contributed by atoms with van der Waals surface area (Å²) in [5, 5.41) is 6.10. The fraction of sp³-hybridized carbons (Fsp3) is 0.560. The number of aromatic nitrogens is 2. The summed E-state index contributed by atoms with van der Waals surface area (Å²) in [5.41, 5.74) is -0.528. The number of alkyl carbamates (subject to hydrolysis) is 1. The molecule has 1 aliphatic rings. The van der Waals surface area contributed by atoms with Gasteiger partial charge in [0.2, 0.25) is 0 Å². The van der Waals surface area contributed by atoms with Crippen LogP contribution < -0.4 is 15.4 Å². The number of ether oxygens (including phenoxy) is 2. The van der Waals surface area contributed by atoms with Crippen molar-refractivity contribution in [1.29, 1.82) is 0 Å². The number of rotatable bonds is 7. The second-order valence-electron chi connectivity index (χ2n) is 9.77. The van der Waals surface area contributed by atoms with Crippen molar-refractivity contribution in [2.24, 2.45) is 7.05 Å². The first-order valence-electron chi connectivity index (χ1n) is 11.6. The molecule has 1 heterocycles. The van der Waals surface area contributed by atoms with Crippen molar-refractivity contribution in [1.82, 2.24) is 20.2 Å². The Morgan fingerprint density at radius 3 is 2.33 bits per heavy atom. The molecule has 1 aromatic heterocycles. The zero-order chi connectivity index (χ0) is 23.9. The lowest BCUT2D eigenvalue weighted by molar-refractivity contribution is 0.0437. The largest absolute Gasteiger partial charge is 0.486 e. The van der Waals surface area contributed by atoms with Crippen LogP contribution in [0, 0.1) is 0 Å². The highest BCUT2D eigenvalue weighted by molar-refractivity contribution is 5.94. The van der Waals surface area contributed by atoms with Crippen LogP contribution in [0.5, 0.6) is 5.75 Å². The SMILES string of the molecule is Cn1ccnc1COc1ccc(C(=O)NCC2(NC(=O)OC(C)(C)C)CCCCCC2)cc1. The molecule has 0 atom stereocenters. The number of aryl methyl sites for hydroxylation is 1. The van der Waals surface area contributed by atoms with E-state index in [2.05, 4.69) is 15.6 Å². The summed E-state index contributed by atoms with van der Waals surface area (Å²) in [6, 6.07) is 7.03. The summed E-state index contributed by atoms with van der Waals surface area (Å²) in [7, 11) is 1.91. The zero-order valence-electron chi connectivity index (χ0n) is 20.1. The minimum absolute atomic E-state index is 0.180. The summed E-state index contributed by atoms with van der Waals surface area (Å²) < 4.78 is 13.1. The van der Waals surface area contributed by atoms with E-state index in [1.165, 1.54) is 0 Å². The number of imidazole rings is 1. The second-order valence-corrected chi connectivity index (χ2v) is 9.77. The molecule has 1 aromatic carbocycles. The van der Waals surface area contributed by atoms with Crippen LogP contribution in [-0.2, 0) is 18.4 Å². The van der Waals surface area contributed by atoms with Crippen LogP contribution >= 0.6 is 0 Å². The fourth-order valence-corrected chi connectivity index (χ4v) is 4.01. The van der Waals surface area contributed by atoms with Crippen LogP contribution in [0.3, 0.4) is 0 Å². The van der Waals surface area contributed by atoms with Crippen molar-refractivity contribution < 1.29 is 19.1 Å². The molecule has 0 bridgehead atoms. The molecule has 0 unspecified atom stereocenters. The van der Waals surface area contributed by atoms with E-state index in [-0.39, 0.29) is 5.91 Å². The number of nitrogens with one attached hydrogen (secondary N) is 2. The van der Waals surface area contributed by atoms with E-state index in [4.69, 9.17) is 9.47 Å². The van der Waals surface area contributed by atoms with Crippen molar-refractivity contribution in [3.05, 3.63) is 48.0 Å². The van der Waals surface area contributed by atoms with E-state index in [1.807, 2.05) is 38.6 Å². The number of benzene rings is 1. The lowest BCUT2D eigenvalue weighted by Crippen LogP contribution is -2.56. The molecule has 0 aliphatic heterocycles. The Labute approximate surface area is 196 Å². The van der Waals surface area contributed by atoms with Gasteiger partial charge in [0.15, 0.2) is 0 Å². The molecule has 0 saturated heterocycles. The third-order valence-corrected chi connectivity index (χ3v) is 5.82. The molecule has 8 nitrogen and oxygen atoms in total. The van der Waals surface area contributed by atoms with Crippen LogP contribution in [0.1, 0.15) is 75.5 Å². The Kier molecular flexibility index (Phi) is 8.00. The van der Waals surface area contributed by atoms with Crippen LogP contribution in [-0.4, -0.2) is 39.2 Å². The predicted molar refractivity (Wildman–Crippen MR) is 126 cm³/mol. The van der Waals surface area contributed by atoms with Crippen LogP contribution in [0.15, 0.2) is 36.7 Å². The highest BCUT2D eigenvalue weighted by Crippen LogP contribution is 2.27. The van der Waals surface area contributed by atoms with Gasteiger partial charge in [-0.2, -0.15) is 0 Å². The number of hydrogen-bond donors (Lipinski definition) is 2. The van der Waals surface area contributed by atoms with Gasteiger partial charge in [0.05, 0.1) is 5.54 Å². The molecule has 3 rings (SSSR count). The highest BCUT2D eigenvalue weighted by Gasteiger charge is 2.34. The molecule has 0 spiro atoms. The highest BCUT2D eigenvalue weighted by atomic mass is 16.6. The molecule has 2 N–H and O–H groups in total. The van der Waals surface area contributed by atoms with Crippen molar-refractivity contribution in [2.75, 3.05) is 6.54 Å². The van der Waals surface area contributed by atoms with Crippen LogP contribution in [0.25, 0.3) is 0 Å². The summed E-state index contributed by atoms with van der Waals surface area (Å²) in [6.45, 7) is 6.25. The van der Waals surface area contributed by atoms with Crippen LogP contribution in [0.4, 0.5) is 4.79 Å². The minimum atomic E-state index is -0.570. The van der Waals surface area contributed by atoms with Crippen molar-refractivity contribution in [2.45, 2.75) is 77.0 Å². The number of amides is 2. The van der Waals surface area contributed by atoms with Gasteiger partial charge in [-0.3, -0.25) is 4.79 Å². The van der Waals surface area contributed by atoms with Crippen LogP contribution in [0.2, 0.25) is 0 Å². The van der Waals surface area contributed by atoms with E-state index >= 15 is 0 Å². The van der Waals surface area contributed by atoms with E-state index in [0.717, 1.165) is 44.3 Å². The number of carbonyl (C=O) groups is 2. The lowest BCUT2D eigenvalue weighted by Gasteiger charge is -2.35. The average Bonchev–Trinajstić information content (AvgIpc) is 3.02. The van der Waals surface area contributed by atoms with Gasteiger partial charge in [-0.05, 0) is 57.9 Å². The van der Waals surface area contributed by atoms with Gasteiger partial charge < -0.3 is 24.7 Å². The summed E-state index contributed by atoms with van der Waals surface area (Å²) in [5.74, 6) is 1.31. The Morgan fingerprint density at radius 1 is 1.09 bits per heavy atom. The molecule has 33 heavy (non-hydrogen) atoms. The first-order chi connectivity index (χ1) is 15.7. The maximum atomic E-state index is 12.8. The molecule has 2 aromatic rings. The van der Waals surface area contributed by atoms with E-state index in [9.17, 15) is 9.59 Å². The fourth-order valence-electron chi connectivity index (χ4n) is 4.01. The normalized spacial score (nSPS) is 15.9. The minimum Gasteiger partial charge on any atom is -0.486 e. The predicted octanol–water partition coefficient (Wildman–Crippen LogP) is 4.35. The van der Waals surface area contributed by atoms with Crippen molar-refractivity contribution in [3.63, 3.8) is 0 Å². The quantitative estimate of drug-likeness (QED) is 0.604. The maximum absolute atomic E-state index is 12.8. The molecule has 180 valence electrons. The molecule has 2 amide bonds. The summed E-state index contributed by atoms with van der Waals surface area (Å²) >= 11 is 0. The first-order valence-corrected chi connectivity index (χ1v) is 11.6. The number of nitrogens with zero attached hydrogens (tertiary/aromatic N) is 2. The Balaban J connectivity index is 1.58. The van der Waals surface area contributed by atoms with Gasteiger partial charge >= 0.3 is 6.09 Å². The van der Waals surface area contributed by atoms with Gasteiger partial charge in [0.1, 0.15) is 23.8 Å². The van der Waals surface area contributed by atoms with Gasteiger partial charge in [0.25, 0.3) is 5.91 Å². The van der Waals surface area contributed by atoms with Gasteiger partial charge in [-0.25, -0.2) is 9.78 Å². The molecular formula is C25H36N4O4. The topological polar surface area (TPSA) is 94.5 Å². The maximum Gasteiger partial charge on any atom is 0.408 e. The Morgan fingerprint density at radius 2 is 1.76 bits per heavy atom. The molecular weight excluding hydrogens is 420 g/mol. The van der Waals surface area contributed by atoms with Crippen molar-refractivity contribution >= 4 is 12.0 Å². The lowest BCUT2D eigenvalue weighted by atomic mass is 9.90. The smallest absolute Gasteiger partial charge is 0.408 e. The second kappa shape index (κ2) is 10.7. The standard InChI is InChI=1S/C25H36N4O4/c1-24(2,3)33-23(31)28-25(13-7-5-6-8-14-25)18-27-22(30)19-9-11-20(12-10-19)32-17-21-26-15-16-29(21)4/h9-12,15-16H,5-8,13-14,17-18H2,1-4H3,(H,27,30)(H,28,31). The first kappa shape index (κ1) is 24.6. The number of carbonyl (C=O) groups excluding carboxylic acids is 2. The van der Waals surface area contributed by atoms with E-state index < -0.39 is 17.2 Å². The summed E-state index contributed by atoms with van der Waals surface area (Å²) in [4.78, 5) is 29.6. The van der Waals surface area contributed by atoms with E-state index in [0.29, 0.717) is 24.5 Å². The van der Waals surface area contributed by atoms with Crippen molar-refractivity contribution in [3.8, 4) is 5.75 Å². The summed E-state index contributed by atoms with van der Waals surface area (Å²) in [6.07, 6.45) is 9.06. The Hall–Kier alpha value is -3.03. The monoisotopic (exact) mass is 456 g/mol. The molecule has 1 aliphatic carbocycles. The Bertz CT molecular complexity index is 923. The third kappa shape index (κ3) is 7.51. The molecule has 1 saturated carbocycles. The number of hydrogen-bond acceptors (Lipinski definition) is 5. The van der Waals surface area contributed by atoms with Gasteiger partial charge in [-0.15, -0.1) is 0 Å². The zero-order valence-corrected chi connectivity index (χ0v) is 20.1.